The van der Waals surface area contributed by atoms with Gasteiger partial charge in [0.25, 0.3) is 5.91 Å². The molecular formula is C22H25N3O3. The molecule has 0 spiro atoms. The monoisotopic (exact) mass is 379 g/mol. The molecule has 0 radical (unpaired) electrons. The number of rotatable bonds is 7. The number of hydrogen-bond acceptors (Lipinski definition) is 4. The van der Waals surface area contributed by atoms with E-state index in [4.69, 9.17) is 9.47 Å². The van der Waals surface area contributed by atoms with E-state index >= 15 is 0 Å². The molecule has 3 aromatic rings. The van der Waals surface area contributed by atoms with Crippen LogP contribution in [0, 0.1) is 0 Å². The third kappa shape index (κ3) is 4.01. The van der Waals surface area contributed by atoms with E-state index in [0.29, 0.717) is 22.8 Å². The fourth-order valence-corrected chi connectivity index (χ4v) is 3.07. The van der Waals surface area contributed by atoms with Gasteiger partial charge in [-0.3, -0.25) is 9.89 Å². The van der Waals surface area contributed by atoms with Crippen LogP contribution in [0.15, 0.2) is 48.7 Å². The van der Waals surface area contributed by atoms with Crippen LogP contribution in [0.25, 0.3) is 11.3 Å². The van der Waals surface area contributed by atoms with E-state index in [9.17, 15) is 4.79 Å². The van der Waals surface area contributed by atoms with Crippen LogP contribution in [0.4, 0.5) is 0 Å². The van der Waals surface area contributed by atoms with Crippen molar-refractivity contribution in [2.75, 3.05) is 14.2 Å². The van der Waals surface area contributed by atoms with Gasteiger partial charge in [0.15, 0.2) is 11.5 Å². The van der Waals surface area contributed by atoms with Gasteiger partial charge in [0, 0.05) is 5.56 Å². The Balaban J connectivity index is 1.79. The van der Waals surface area contributed by atoms with Gasteiger partial charge in [-0.25, -0.2) is 0 Å². The van der Waals surface area contributed by atoms with Crippen LogP contribution in [0.1, 0.15) is 41.4 Å². The quantitative estimate of drug-likeness (QED) is 0.647. The zero-order chi connectivity index (χ0) is 20.1. The van der Waals surface area contributed by atoms with Gasteiger partial charge in [-0.2, -0.15) is 5.10 Å². The average molecular weight is 379 g/mol. The number of carbonyl (C=O) groups is 1. The molecule has 2 N–H and O–H groups in total. The number of nitrogens with zero attached hydrogens (tertiary/aromatic N) is 1. The molecule has 1 unspecified atom stereocenters. The highest BCUT2D eigenvalue weighted by molar-refractivity contribution is 5.99. The fraction of sp³-hybridized carbons (Fsp3) is 0.273. The van der Waals surface area contributed by atoms with Crippen LogP contribution in [-0.4, -0.2) is 30.3 Å². The first kappa shape index (κ1) is 19.5. The summed E-state index contributed by atoms with van der Waals surface area (Å²) in [5, 5.41) is 10.0. The maximum absolute atomic E-state index is 12.9. The Morgan fingerprint density at radius 1 is 1.11 bits per heavy atom. The number of H-pyrrole nitrogens is 1. The lowest BCUT2D eigenvalue weighted by molar-refractivity contribution is 0.0940. The Hall–Kier alpha value is -3.28. The van der Waals surface area contributed by atoms with Crippen LogP contribution in [0.3, 0.4) is 0 Å². The van der Waals surface area contributed by atoms with E-state index < -0.39 is 0 Å². The molecule has 28 heavy (non-hydrogen) atoms. The predicted octanol–water partition coefficient (Wildman–Crippen LogP) is 4.15. The zero-order valence-electron chi connectivity index (χ0n) is 16.6. The molecule has 1 heterocycles. The lowest BCUT2D eigenvalue weighted by atomic mass is 10.0. The van der Waals surface area contributed by atoms with E-state index in [2.05, 4.69) is 34.6 Å². The lowest BCUT2D eigenvalue weighted by Gasteiger charge is -2.16. The molecule has 0 fully saturated rings. The summed E-state index contributed by atoms with van der Waals surface area (Å²) in [6.07, 6.45) is 2.53. The number of amides is 1. The number of aromatic amines is 1. The molecule has 0 bridgehead atoms. The molecule has 0 saturated carbocycles. The van der Waals surface area contributed by atoms with Crippen molar-refractivity contribution in [1.29, 1.82) is 0 Å². The number of methoxy groups -OCH3 is 2. The van der Waals surface area contributed by atoms with E-state index in [1.54, 1.807) is 20.4 Å². The van der Waals surface area contributed by atoms with Crippen molar-refractivity contribution in [1.82, 2.24) is 15.5 Å². The first-order valence-electron chi connectivity index (χ1n) is 9.22. The summed E-state index contributed by atoms with van der Waals surface area (Å²) in [5.74, 6) is 1.09. The maximum atomic E-state index is 12.9. The number of nitrogens with one attached hydrogen (secondary N) is 2. The molecule has 3 rings (SSSR count). The Morgan fingerprint density at radius 2 is 1.82 bits per heavy atom. The highest BCUT2D eigenvalue weighted by Crippen LogP contribution is 2.30. The minimum atomic E-state index is -0.211. The second-order valence-corrected chi connectivity index (χ2v) is 6.52. The van der Waals surface area contributed by atoms with Crippen molar-refractivity contribution < 1.29 is 14.3 Å². The van der Waals surface area contributed by atoms with E-state index in [1.165, 1.54) is 5.56 Å². The molecule has 0 aliphatic rings. The molecule has 0 saturated heterocycles. The van der Waals surface area contributed by atoms with Gasteiger partial charge in [-0.1, -0.05) is 37.3 Å². The Bertz CT molecular complexity index is 948. The Labute approximate surface area is 164 Å². The molecule has 1 aromatic heterocycles. The summed E-state index contributed by atoms with van der Waals surface area (Å²) in [7, 11) is 3.18. The first-order valence-corrected chi connectivity index (χ1v) is 9.22. The summed E-state index contributed by atoms with van der Waals surface area (Å²) in [4.78, 5) is 12.9. The minimum absolute atomic E-state index is 0.189. The molecule has 6 heteroatoms. The molecule has 146 valence electrons. The van der Waals surface area contributed by atoms with Gasteiger partial charge in [-0.15, -0.1) is 0 Å². The second kappa shape index (κ2) is 8.61. The van der Waals surface area contributed by atoms with E-state index in [1.807, 2.05) is 37.3 Å². The van der Waals surface area contributed by atoms with Crippen molar-refractivity contribution in [3.63, 3.8) is 0 Å². The summed E-state index contributed by atoms with van der Waals surface area (Å²) < 4.78 is 10.6. The van der Waals surface area contributed by atoms with Crippen molar-refractivity contribution in [2.24, 2.45) is 0 Å². The van der Waals surface area contributed by atoms with Gasteiger partial charge >= 0.3 is 0 Å². The number of hydrogen-bond donors (Lipinski definition) is 2. The van der Waals surface area contributed by atoms with Crippen molar-refractivity contribution >= 4 is 5.91 Å². The zero-order valence-corrected chi connectivity index (χ0v) is 16.6. The smallest absolute Gasteiger partial charge is 0.255 e. The second-order valence-electron chi connectivity index (χ2n) is 6.52. The molecule has 0 aliphatic heterocycles. The van der Waals surface area contributed by atoms with E-state index in [0.717, 1.165) is 17.5 Å². The normalized spacial score (nSPS) is 11.7. The third-order valence-electron chi connectivity index (χ3n) is 4.79. The van der Waals surface area contributed by atoms with Crippen LogP contribution < -0.4 is 14.8 Å². The highest BCUT2D eigenvalue weighted by atomic mass is 16.5. The fourth-order valence-electron chi connectivity index (χ4n) is 3.07. The largest absolute Gasteiger partial charge is 0.493 e. The van der Waals surface area contributed by atoms with Crippen molar-refractivity contribution in [2.45, 2.75) is 26.3 Å². The van der Waals surface area contributed by atoms with Crippen LogP contribution in [0.2, 0.25) is 0 Å². The summed E-state index contributed by atoms with van der Waals surface area (Å²) in [6, 6.07) is 13.5. The van der Waals surface area contributed by atoms with E-state index in [-0.39, 0.29) is 11.9 Å². The number of aryl methyl sites for hydroxylation is 1. The SMILES string of the molecule is CCc1ccc(-c2[nH]ncc2C(=O)NC(C)c2ccc(OC)c(OC)c2)cc1. The number of benzene rings is 2. The van der Waals surface area contributed by atoms with Gasteiger partial charge in [0.05, 0.1) is 37.7 Å². The first-order chi connectivity index (χ1) is 13.6. The molecule has 6 nitrogen and oxygen atoms in total. The molecule has 2 aromatic carbocycles. The molecule has 1 amide bonds. The molecule has 0 aliphatic carbocycles. The predicted molar refractivity (Wildman–Crippen MR) is 109 cm³/mol. The molecular weight excluding hydrogens is 354 g/mol. The van der Waals surface area contributed by atoms with Crippen LogP contribution in [-0.2, 0) is 6.42 Å². The minimum Gasteiger partial charge on any atom is -0.493 e. The number of aromatic nitrogens is 2. The van der Waals surface area contributed by atoms with Crippen molar-refractivity contribution in [3.05, 3.63) is 65.4 Å². The maximum Gasteiger partial charge on any atom is 0.255 e. The standard InChI is InChI=1S/C22H25N3O3/c1-5-15-6-8-16(9-7-15)21-18(13-23-25-21)22(26)24-14(2)17-10-11-19(27-3)20(12-17)28-4/h6-14H,5H2,1-4H3,(H,23,25)(H,24,26). The van der Waals surface area contributed by atoms with Gasteiger partial charge < -0.3 is 14.8 Å². The summed E-state index contributed by atoms with van der Waals surface area (Å²) in [5.41, 5.74) is 4.31. The Kier molecular flexibility index (Phi) is 5.99. The summed E-state index contributed by atoms with van der Waals surface area (Å²) in [6.45, 7) is 4.04. The Morgan fingerprint density at radius 3 is 2.46 bits per heavy atom. The van der Waals surface area contributed by atoms with Crippen LogP contribution in [0.5, 0.6) is 11.5 Å². The summed E-state index contributed by atoms with van der Waals surface area (Å²) >= 11 is 0. The highest BCUT2D eigenvalue weighted by Gasteiger charge is 2.18. The van der Waals surface area contributed by atoms with Crippen molar-refractivity contribution in [3.8, 4) is 22.8 Å². The third-order valence-corrected chi connectivity index (χ3v) is 4.79. The van der Waals surface area contributed by atoms with Gasteiger partial charge in [0.1, 0.15) is 0 Å². The molecule has 1 atom stereocenters. The average Bonchev–Trinajstić information content (AvgIpc) is 3.23. The number of ether oxygens (including phenoxy) is 2. The van der Waals surface area contributed by atoms with Gasteiger partial charge in [-0.05, 0) is 36.6 Å². The topological polar surface area (TPSA) is 76.2 Å². The van der Waals surface area contributed by atoms with Crippen LogP contribution >= 0.6 is 0 Å². The van der Waals surface area contributed by atoms with Gasteiger partial charge in [0.2, 0.25) is 0 Å². The lowest BCUT2D eigenvalue weighted by Crippen LogP contribution is -2.26. The number of carbonyl (C=O) groups excluding carboxylic acids is 1.